The molecule has 1 aliphatic carbocycles. The van der Waals surface area contributed by atoms with Crippen LogP contribution in [-0.2, 0) is 4.79 Å². The molecule has 0 spiro atoms. The van der Waals surface area contributed by atoms with Crippen molar-refractivity contribution < 1.29 is 9.90 Å². The smallest absolute Gasteiger partial charge is 0.308 e. The van der Waals surface area contributed by atoms with Crippen LogP contribution in [0.25, 0.3) is 0 Å². The first-order chi connectivity index (χ1) is 8.11. The molecule has 17 heavy (non-hydrogen) atoms. The number of hydrogen-bond acceptors (Lipinski definition) is 3. The lowest BCUT2D eigenvalue weighted by Crippen LogP contribution is -2.43. The van der Waals surface area contributed by atoms with Gasteiger partial charge in [0.1, 0.15) is 6.07 Å². The molecule has 4 nitrogen and oxygen atoms in total. The van der Waals surface area contributed by atoms with Crippen molar-refractivity contribution in [2.24, 2.45) is 5.92 Å². The zero-order chi connectivity index (χ0) is 12.4. The molecule has 0 aromatic heterocycles. The van der Waals surface area contributed by atoms with Crippen LogP contribution in [0, 0.1) is 17.2 Å². The SMILES string of the molecule is N#Cc1ccc(Br)cc1NC1CCC1C(=O)O. The summed E-state index contributed by atoms with van der Waals surface area (Å²) in [5.41, 5.74) is 1.22. The number of hydrogen-bond donors (Lipinski definition) is 2. The zero-order valence-electron chi connectivity index (χ0n) is 8.98. The summed E-state index contributed by atoms with van der Waals surface area (Å²) in [5, 5.41) is 21.1. The van der Waals surface area contributed by atoms with Gasteiger partial charge >= 0.3 is 5.97 Å². The predicted molar refractivity (Wildman–Crippen MR) is 66.6 cm³/mol. The van der Waals surface area contributed by atoms with Crippen LogP contribution in [0.1, 0.15) is 18.4 Å². The fourth-order valence-corrected chi connectivity index (χ4v) is 2.26. The summed E-state index contributed by atoms with van der Waals surface area (Å²) in [6.45, 7) is 0. The summed E-state index contributed by atoms with van der Waals surface area (Å²) < 4.78 is 0.866. The number of aliphatic carboxylic acids is 1. The normalized spacial score (nSPS) is 22.4. The van der Waals surface area contributed by atoms with Gasteiger partial charge in [0.05, 0.1) is 17.2 Å². The molecule has 0 heterocycles. The van der Waals surface area contributed by atoms with Crippen molar-refractivity contribution in [2.45, 2.75) is 18.9 Å². The van der Waals surface area contributed by atoms with Gasteiger partial charge in [-0.1, -0.05) is 15.9 Å². The van der Waals surface area contributed by atoms with Crippen molar-refractivity contribution in [3.05, 3.63) is 28.2 Å². The molecule has 0 aliphatic heterocycles. The number of carboxylic acid groups (broad SMARTS) is 1. The van der Waals surface area contributed by atoms with Gasteiger partial charge in [0, 0.05) is 10.5 Å². The average Bonchev–Trinajstić information content (AvgIpc) is 2.23. The highest BCUT2D eigenvalue weighted by molar-refractivity contribution is 9.10. The van der Waals surface area contributed by atoms with Gasteiger partial charge in [0.25, 0.3) is 0 Å². The fraction of sp³-hybridized carbons (Fsp3) is 0.333. The van der Waals surface area contributed by atoms with E-state index in [-0.39, 0.29) is 12.0 Å². The summed E-state index contributed by atoms with van der Waals surface area (Å²) in [4.78, 5) is 10.9. The molecular weight excluding hydrogens is 284 g/mol. The lowest BCUT2D eigenvalue weighted by Gasteiger charge is -2.35. The molecule has 2 rings (SSSR count). The number of rotatable bonds is 3. The maximum Gasteiger partial charge on any atom is 0.308 e. The predicted octanol–water partition coefficient (Wildman–Crippen LogP) is 2.60. The highest BCUT2D eigenvalue weighted by Crippen LogP contribution is 2.32. The second kappa shape index (κ2) is 4.76. The average molecular weight is 295 g/mol. The number of anilines is 1. The molecule has 1 aromatic carbocycles. The lowest BCUT2D eigenvalue weighted by atomic mass is 9.79. The van der Waals surface area contributed by atoms with Gasteiger partial charge < -0.3 is 10.4 Å². The van der Waals surface area contributed by atoms with E-state index in [1.165, 1.54) is 0 Å². The van der Waals surface area contributed by atoms with Crippen LogP contribution in [0.5, 0.6) is 0 Å². The topological polar surface area (TPSA) is 73.1 Å². The number of carboxylic acids is 1. The Labute approximate surface area is 107 Å². The van der Waals surface area contributed by atoms with Crippen molar-refractivity contribution in [3.8, 4) is 6.07 Å². The van der Waals surface area contributed by atoms with E-state index in [1.54, 1.807) is 18.2 Å². The quantitative estimate of drug-likeness (QED) is 0.899. The van der Waals surface area contributed by atoms with Crippen molar-refractivity contribution in [1.29, 1.82) is 5.26 Å². The van der Waals surface area contributed by atoms with Gasteiger partial charge in [-0.3, -0.25) is 4.79 Å². The molecule has 2 N–H and O–H groups in total. The van der Waals surface area contributed by atoms with Crippen LogP contribution in [0.15, 0.2) is 22.7 Å². The first kappa shape index (κ1) is 11.9. The van der Waals surface area contributed by atoms with Crippen LogP contribution in [0.4, 0.5) is 5.69 Å². The third-order valence-corrected chi connectivity index (χ3v) is 3.53. The molecule has 1 saturated carbocycles. The van der Waals surface area contributed by atoms with Gasteiger partial charge in [-0.05, 0) is 31.0 Å². The summed E-state index contributed by atoms with van der Waals surface area (Å²) >= 11 is 3.33. The summed E-state index contributed by atoms with van der Waals surface area (Å²) in [7, 11) is 0. The van der Waals surface area contributed by atoms with Gasteiger partial charge in [0.15, 0.2) is 0 Å². The van der Waals surface area contributed by atoms with Gasteiger partial charge in [-0.2, -0.15) is 5.26 Å². The summed E-state index contributed by atoms with van der Waals surface area (Å²) in [5.74, 6) is -1.12. The summed E-state index contributed by atoms with van der Waals surface area (Å²) in [6.07, 6.45) is 1.53. The molecule has 1 fully saturated rings. The van der Waals surface area contributed by atoms with E-state index in [1.807, 2.05) is 0 Å². The third kappa shape index (κ3) is 2.42. The Morgan fingerprint density at radius 2 is 2.29 bits per heavy atom. The maximum atomic E-state index is 10.9. The molecular formula is C12H11BrN2O2. The number of benzene rings is 1. The number of halogens is 1. The highest BCUT2D eigenvalue weighted by Gasteiger charge is 2.36. The molecule has 5 heteroatoms. The first-order valence-electron chi connectivity index (χ1n) is 5.31. The second-order valence-corrected chi connectivity index (χ2v) is 4.99. The van der Waals surface area contributed by atoms with Crippen LogP contribution >= 0.6 is 15.9 Å². The van der Waals surface area contributed by atoms with Crippen molar-refractivity contribution in [1.82, 2.24) is 0 Å². The van der Waals surface area contributed by atoms with Crippen LogP contribution in [-0.4, -0.2) is 17.1 Å². The molecule has 0 bridgehead atoms. The Balaban J connectivity index is 2.16. The van der Waals surface area contributed by atoms with Crippen molar-refractivity contribution in [3.63, 3.8) is 0 Å². The Hall–Kier alpha value is -1.54. The van der Waals surface area contributed by atoms with Crippen LogP contribution in [0.3, 0.4) is 0 Å². The molecule has 1 aliphatic rings. The maximum absolute atomic E-state index is 10.9. The zero-order valence-corrected chi connectivity index (χ0v) is 10.6. The van der Waals surface area contributed by atoms with E-state index in [0.29, 0.717) is 17.7 Å². The first-order valence-corrected chi connectivity index (χ1v) is 6.10. The molecule has 2 atom stereocenters. The largest absolute Gasteiger partial charge is 0.481 e. The number of nitrogens with one attached hydrogen (secondary N) is 1. The van der Waals surface area contributed by atoms with E-state index >= 15 is 0 Å². The van der Waals surface area contributed by atoms with Crippen molar-refractivity contribution >= 4 is 27.6 Å². The van der Waals surface area contributed by atoms with E-state index in [2.05, 4.69) is 27.3 Å². The summed E-state index contributed by atoms with van der Waals surface area (Å²) in [6, 6.07) is 7.32. The van der Waals surface area contributed by atoms with Crippen LogP contribution in [0.2, 0.25) is 0 Å². The van der Waals surface area contributed by atoms with Gasteiger partial charge in [-0.15, -0.1) is 0 Å². The molecule has 1 aromatic rings. The highest BCUT2D eigenvalue weighted by atomic mass is 79.9. The fourth-order valence-electron chi connectivity index (χ4n) is 1.90. The minimum Gasteiger partial charge on any atom is -0.481 e. The van der Waals surface area contributed by atoms with Gasteiger partial charge in [-0.25, -0.2) is 0 Å². The number of nitrogens with zero attached hydrogens (tertiary/aromatic N) is 1. The molecule has 0 saturated heterocycles. The number of nitriles is 1. The Morgan fingerprint density at radius 1 is 1.53 bits per heavy atom. The Kier molecular flexibility index (Phi) is 3.34. The van der Waals surface area contributed by atoms with Gasteiger partial charge in [0.2, 0.25) is 0 Å². The van der Waals surface area contributed by atoms with Crippen LogP contribution < -0.4 is 5.32 Å². The third-order valence-electron chi connectivity index (χ3n) is 3.03. The van der Waals surface area contributed by atoms with E-state index < -0.39 is 5.97 Å². The van der Waals surface area contributed by atoms with Crippen molar-refractivity contribution in [2.75, 3.05) is 5.32 Å². The number of carbonyl (C=O) groups is 1. The molecule has 88 valence electrons. The Morgan fingerprint density at radius 3 is 2.82 bits per heavy atom. The second-order valence-electron chi connectivity index (χ2n) is 4.07. The monoisotopic (exact) mass is 294 g/mol. The van der Waals surface area contributed by atoms with E-state index in [0.717, 1.165) is 10.9 Å². The standard InChI is InChI=1S/C12H11BrN2O2/c13-8-2-1-7(6-14)11(5-8)15-10-4-3-9(10)12(16)17/h1-2,5,9-10,15H,3-4H2,(H,16,17). The lowest BCUT2D eigenvalue weighted by molar-refractivity contribution is -0.144. The minimum absolute atomic E-state index is 0.0751. The minimum atomic E-state index is -0.776. The molecule has 0 radical (unpaired) electrons. The Bertz CT molecular complexity index is 496. The van der Waals surface area contributed by atoms with E-state index in [9.17, 15) is 4.79 Å². The molecule has 2 unspecified atom stereocenters. The van der Waals surface area contributed by atoms with E-state index in [4.69, 9.17) is 10.4 Å². The molecule has 0 amide bonds.